The van der Waals surface area contributed by atoms with Crippen molar-refractivity contribution in [2.75, 3.05) is 26.4 Å². The molecule has 0 aliphatic carbocycles. The number of carbonyl (C=O) groups excluding carboxylic acids is 1. The van der Waals surface area contributed by atoms with Crippen molar-refractivity contribution in [3.63, 3.8) is 0 Å². The fourth-order valence-corrected chi connectivity index (χ4v) is 1.17. The first kappa shape index (κ1) is 14.4. The van der Waals surface area contributed by atoms with Crippen molar-refractivity contribution in [3.8, 4) is 0 Å². The van der Waals surface area contributed by atoms with Crippen LogP contribution >= 0.6 is 0 Å². The molecule has 0 aromatic rings. The summed E-state index contributed by atoms with van der Waals surface area (Å²) in [4.78, 5) is 11.0. The molecule has 0 saturated heterocycles. The highest BCUT2D eigenvalue weighted by molar-refractivity contribution is 5.69. The molecule has 0 fully saturated rings. The summed E-state index contributed by atoms with van der Waals surface area (Å²) in [5.41, 5.74) is 0. The average Bonchev–Trinajstić information content (AvgIpc) is 2.22. The minimum atomic E-state index is -0.114. The molecule has 15 heavy (non-hydrogen) atoms. The number of ether oxygens (including phenoxy) is 2. The third kappa shape index (κ3) is 9.69. The molecule has 0 saturated carbocycles. The van der Waals surface area contributed by atoms with Gasteiger partial charge in [-0.1, -0.05) is 0 Å². The van der Waals surface area contributed by atoms with Gasteiger partial charge >= 0.3 is 5.97 Å². The second-order valence-electron chi connectivity index (χ2n) is 3.42. The molecule has 0 amide bonds. The van der Waals surface area contributed by atoms with E-state index >= 15 is 0 Å². The second kappa shape index (κ2) is 9.93. The highest BCUT2D eigenvalue weighted by Crippen LogP contribution is 1.92. The molecule has 1 atom stereocenters. The van der Waals surface area contributed by atoms with E-state index in [9.17, 15) is 4.79 Å². The molecule has 0 radical (unpaired) electrons. The SMILES string of the molecule is CCOCC(C)NCCCC(=O)OCC. The van der Waals surface area contributed by atoms with Gasteiger partial charge in [-0.2, -0.15) is 0 Å². The Bertz CT molecular complexity index is 162. The standard InChI is InChI=1S/C11H23NO3/c1-4-14-9-10(3)12-8-6-7-11(13)15-5-2/h10,12H,4-9H2,1-3H3. The Labute approximate surface area is 92.3 Å². The summed E-state index contributed by atoms with van der Waals surface area (Å²) in [6.07, 6.45) is 1.30. The van der Waals surface area contributed by atoms with Gasteiger partial charge in [0, 0.05) is 19.1 Å². The molecule has 0 rings (SSSR count). The summed E-state index contributed by atoms with van der Waals surface area (Å²) >= 11 is 0. The lowest BCUT2D eigenvalue weighted by Crippen LogP contribution is -2.31. The van der Waals surface area contributed by atoms with Crippen molar-refractivity contribution < 1.29 is 14.3 Å². The van der Waals surface area contributed by atoms with Gasteiger partial charge in [-0.3, -0.25) is 4.79 Å². The summed E-state index contributed by atoms with van der Waals surface area (Å²) in [5.74, 6) is -0.114. The van der Waals surface area contributed by atoms with Crippen molar-refractivity contribution >= 4 is 5.97 Å². The zero-order valence-corrected chi connectivity index (χ0v) is 10.0. The van der Waals surface area contributed by atoms with E-state index in [1.807, 2.05) is 13.8 Å². The van der Waals surface area contributed by atoms with E-state index in [4.69, 9.17) is 9.47 Å². The maximum absolute atomic E-state index is 11.0. The summed E-state index contributed by atoms with van der Waals surface area (Å²) in [7, 11) is 0. The summed E-state index contributed by atoms with van der Waals surface area (Å²) in [5, 5.41) is 3.28. The topological polar surface area (TPSA) is 47.6 Å². The zero-order valence-electron chi connectivity index (χ0n) is 10.0. The largest absolute Gasteiger partial charge is 0.466 e. The molecular weight excluding hydrogens is 194 g/mol. The lowest BCUT2D eigenvalue weighted by atomic mass is 10.3. The smallest absolute Gasteiger partial charge is 0.305 e. The third-order valence-corrected chi connectivity index (χ3v) is 1.93. The fourth-order valence-electron chi connectivity index (χ4n) is 1.17. The minimum absolute atomic E-state index is 0.114. The summed E-state index contributed by atoms with van der Waals surface area (Å²) in [6, 6.07) is 0.340. The highest BCUT2D eigenvalue weighted by atomic mass is 16.5. The van der Waals surface area contributed by atoms with Crippen LogP contribution in [0.3, 0.4) is 0 Å². The molecule has 90 valence electrons. The Balaban J connectivity index is 3.26. The number of rotatable bonds is 9. The number of hydrogen-bond acceptors (Lipinski definition) is 4. The van der Waals surface area contributed by atoms with E-state index in [0.717, 1.165) is 26.2 Å². The molecule has 1 unspecified atom stereocenters. The van der Waals surface area contributed by atoms with Gasteiger partial charge in [-0.15, -0.1) is 0 Å². The second-order valence-corrected chi connectivity index (χ2v) is 3.42. The number of carbonyl (C=O) groups is 1. The number of hydrogen-bond donors (Lipinski definition) is 1. The lowest BCUT2D eigenvalue weighted by Gasteiger charge is -2.12. The fraction of sp³-hybridized carbons (Fsp3) is 0.909. The van der Waals surface area contributed by atoms with E-state index < -0.39 is 0 Å². The average molecular weight is 217 g/mol. The monoisotopic (exact) mass is 217 g/mol. The lowest BCUT2D eigenvalue weighted by molar-refractivity contribution is -0.143. The van der Waals surface area contributed by atoms with Crippen LogP contribution in [0.2, 0.25) is 0 Å². The van der Waals surface area contributed by atoms with Crippen LogP contribution in [0.25, 0.3) is 0 Å². The molecule has 0 bridgehead atoms. The van der Waals surface area contributed by atoms with Gasteiger partial charge in [0.05, 0.1) is 13.2 Å². The molecule has 0 aromatic heterocycles. The Morgan fingerprint density at radius 2 is 2.07 bits per heavy atom. The summed E-state index contributed by atoms with van der Waals surface area (Å²) in [6.45, 7) is 8.62. The predicted molar refractivity (Wildman–Crippen MR) is 59.8 cm³/mol. The van der Waals surface area contributed by atoms with Crippen LogP contribution in [0.15, 0.2) is 0 Å². The molecule has 0 aromatic carbocycles. The predicted octanol–water partition coefficient (Wildman–Crippen LogP) is 1.34. The van der Waals surface area contributed by atoms with Crippen LogP contribution in [-0.4, -0.2) is 38.4 Å². The minimum Gasteiger partial charge on any atom is -0.466 e. The van der Waals surface area contributed by atoms with E-state index in [0.29, 0.717) is 19.1 Å². The van der Waals surface area contributed by atoms with Gasteiger partial charge in [-0.05, 0) is 33.7 Å². The zero-order chi connectivity index (χ0) is 11.5. The number of nitrogens with one attached hydrogen (secondary N) is 1. The Morgan fingerprint density at radius 3 is 2.67 bits per heavy atom. The first-order chi connectivity index (χ1) is 7.20. The quantitative estimate of drug-likeness (QED) is 0.468. The highest BCUT2D eigenvalue weighted by Gasteiger charge is 2.03. The van der Waals surface area contributed by atoms with E-state index in [1.54, 1.807) is 0 Å². The molecule has 4 heteroatoms. The van der Waals surface area contributed by atoms with Gasteiger partial charge in [0.15, 0.2) is 0 Å². The Kier molecular flexibility index (Phi) is 9.52. The third-order valence-electron chi connectivity index (χ3n) is 1.93. The van der Waals surface area contributed by atoms with Crippen molar-refractivity contribution in [2.24, 2.45) is 0 Å². The van der Waals surface area contributed by atoms with Crippen LogP contribution < -0.4 is 5.32 Å². The normalized spacial score (nSPS) is 12.5. The van der Waals surface area contributed by atoms with Crippen molar-refractivity contribution in [1.29, 1.82) is 0 Å². The molecule has 0 heterocycles. The van der Waals surface area contributed by atoms with Crippen LogP contribution in [0, 0.1) is 0 Å². The van der Waals surface area contributed by atoms with Gasteiger partial charge in [0.2, 0.25) is 0 Å². The molecule has 4 nitrogen and oxygen atoms in total. The van der Waals surface area contributed by atoms with E-state index in [-0.39, 0.29) is 5.97 Å². The van der Waals surface area contributed by atoms with E-state index in [2.05, 4.69) is 12.2 Å². The molecule has 0 aliphatic heterocycles. The van der Waals surface area contributed by atoms with Gasteiger partial charge in [-0.25, -0.2) is 0 Å². The molecule has 0 spiro atoms. The van der Waals surface area contributed by atoms with Crippen molar-refractivity contribution in [1.82, 2.24) is 5.32 Å². The first-order valence-corrected chi connectivity index (χ1v) is 5.67. The molecule has 0 aliphatic rings. The van der Waals surface area contributed by atoms with Crippen molar-refractivity contribution in [3.05, 3.63) is 0 Å². The Hall–Kier alpha value is -0.610. The van der Waals surface area contributed by atoms with Gasteiger partial charge in [0.25, 0.3) is 0 Å². The first-order valence-electron chi connectivity index (χ1n) is 5.67. The van der Waals surface area contributed by atoms with Crippen LogP contribution in [-0.2, 0) is 14.3 Å². The maximum Gasteiger partial charge on any atom is 0.305 e. The summed E-state index contributed by atoms with van der Waals surface area (Å²) < 4.78 is 10.1. The molecular formula is C11H23NO3. The van der Waals surface area contributed by atoms with Crippen LogP contribution in [0.4, 0.5) is 0 Å². The van der Waals surface area contributed by atoms with Crippen LogP contribution in [0.5, 0.6) is 0 Å². The number of esters is 1. The Morgan fingerprint density at radius 1 is 1.33 bits per heavy atom. The van der Waals surface area contributed by atoms with E-state index in [1.165, 1.54) is 0 Å². The van der Waals surface area contributed by atoms with Crippen molar-refractivity contribution in [2.45, 2.75) is 39.7 Å². The van der Waals surface area contributed by atoms with Gasteiger partial charge < -0.3 is 14.8 Å². The molecule has 1 N–H and O–H groups in total. The maximum atomic E-state index is 11.0. The van der Waals surface area contributed by atoms with Gasteiger partial charge in [0.1, 0.15) is 0 Å². The van der Waals surface area contributed by atoms with Crippen LogP contribution in [0.1, 0.15) is 33.6 Å².